The third-order valence-corrected chi connectivity index (χ3v) is 16.7. The first kappa shape index (κ1) is 49.8. The number of rotatable bonds is 11. The molecule has 0 radical (unpaired) electrons. The van der Waals surface area contributed by atoms with Crippen LogP contribution in [0.5, 0.6) is 0 Å². The van der Waals surface area contributed by atoms with Crippen molar-refractivity contribution in [2.45, 2.75) is 194 Å². The van der Waals surface area contributed by atoms with Crippen LogP contribution >= 0.6 is 0 Å². The summed E-state index contributed by atoms with van der Waals surface area (Å²) >= 11 is 0. The smallest absolute Gasteiger partial charge is 0.314 e. The molecule has 8 fully saturated rings. The molecule has 4 saturated heterocycles. The van der Waals surface area contributed by atoms with Gasteiger partial charge in [-0.05, 0) is 86.5 Å². The van der Waals surface area contributed by atoms with Crippen LogP contribution in [0.3, 0.4) is 0 Å². The lowest BCUT2D eigenvalue weighted by Gasteiger charge is -2.64. The van der Waals surface area contributed by atoms with Crippen LogP contribution in [0.4, 0.5) is 0 Å². The monoisotopic (exact) mass is 936 g/mol. The SMILES string of the molecule is C=C1C[C@]23CC[C@@H]4[C@](C)(CCC[C@@]4(C)C(=O)O[C@@H]4O[C@H](CO)[C@@H](O)[C@H](O)[C@H]4O)[C@H]2CC[C@@]1(O[C@@H]1O[C@H](CO)[C@@H](O)[C@H](O[C@@H]2OC[C@@H](O)[C@H](O)[C@H]2O)[C@H]1O[C@@H]1O[C@H](CO)[C@@H](O)[C@H](O)[C@H]1O)C3. The second-order valence-electron chi connectivity index (χ2n) is 20.4. The summed E-state index contributed by atoms with van der Waals surface area (Å²) in [5.41, 5.74) is -2.19. The summed E-state index contributed by atoms with van der Waals surface area (Å²) in [6.45, 7) is 5.86. The van der Waals surface area contributed by atoms with Crippen molar-refractivity contribution < 1.29 is 109 Å². The van der Waals surface area contributed by atoms with E-state index in [1.54, 1.807) is 0 Å². The van der Waals surface area contributed by atoms with Gasteiger partial charge in [-0.1, -0.05) is 19.9 Å². The second-order valence-corrected chi connectivity index (χ2v) is 20.4. The van der Waals surface area contributed by atoms with Crippen molar-refractivity contribution in [3.05, 3.63) is 12.2 Å². The Balaban J connectivity index is 1.06. The van der Waals surface area contributed by atoms with E-state index in [-0.39, 0.29) is 17.3 Å². The van der Waals surface area contributed by atoms with Crippen molar-refractivity contribution in [1.82, 2.24) is 0 Å². The highest BCUT2D eigenvalue weighted by Crippen LogP contribution is 2.73. The van der Waals surface area contributed by atoms with E-state index in [2.05, 4.69) is 13.5 Å². The summed E-state index contributed by atoms with van der Waals surface area (Å²) in [5, 5.41) is 137. The molecule has 13 N–H and O–H groups in total. The summed E-state index contributed by atoms with van der Waals surface area (Å²) < 4.78 is 48.1. The molecule has 372 valence electrons. The van der Waals surface area contributed by atoms with E-state index < -0.39 is 166 Å². The molecule has 25 atom stereocenters. The number of esters is 1. The summed E-state index contributed by atoms with van der Waals surface area (Å²) in [5.74, 6) is -0.751. The zero-order valence-corrected chi connectivity index (χ0v) is 36.5. The molecule has 0 aromatic heterocycles. The predicted molar refractivity (Wildman–Crippen MR) is 213 cm³/mol. The fourth-order valence-electron chi connectivity index (χ4n) is 13.2. The summed E-state index contributed by atoms with van der Waals surface area (Å²) in [6.07, 6.45) is -26.1. The molecule has 4 aliphatic carbocycles. The maximum Gasteiger partial charge on any atom is 0.314 e. The van der Waals surface area contributed by atoms with Gasteiger partial charge in [0.25, 0.3) is 0 Å². The molecule has 1 spiro atoms. The first-order valence-corrected chi connectivity index (χ1v) is 22.8. The molecule has 0 unspecified atom stereocenters. The fraction of sp³-hybridized carbons (Fsp3) is 0.930. The first-order valence-electron chi connectivity index (χ1n) is 22.8. The van der Waals surface area contributed by atoms with Gasteiger partial charge in [0.1, 0.15) is 91.6 Å². The van der Waals surface area contributed by atoms with E-state index in [1.807, 2.05) is 6.92 Å². The zero-order chi connectivity index (χ0) is 47.1. The lowest BCUT2D eigenvalue weighted by Crippen LogP contribution is -2.67. The number of ether oxygens (including phenoxy) is 8. The number of hydrogen-bond donors (Lipinski definition) is 13. The molecule has 0 amide bonds. The maximum absolute atomic E-state index is 14.3. The molecule has 0 aromatic rings. The van der Waals surface area contributed by atoms with Gasteiger partial charge in [0.05, 0.1) is 37.4 Å². The Morgan fingerprint density at radius 1 is 0.631 bits per heavy atom. The zero-order valence-electron chi connectivity index (χ0n) is 36.5. The summed E-state index contributed by atoms with van der Waals surface area (Å²) in [6, 6.07) is 0. The van der Waals surface area contributed by atoms with Crippen LogP contribution in [0.2, 0.25) is 0 Å². The summed E-state index contributed by atoms with van der Waals surface area (Å²) in [4.78, 5) is 14.3. The molecule has 22 heteroatoms. The molecule has 4 heterocycles. The van der Waals surface area contributed by atoms with Crippen molar-refractivity contribution in [3.8, 4) is 0 Å². The van der Waals surface area contributed by atoms with Crippen LogP contribution in [0.1, 0.15) is 71.6 Å². The highest BCUT2D eigenvalue weighted by atomic mass is 16.8. The Bertz CT molecular complexity index is 1710. The normalized spacial score (nSPS) is 54.7. The minimum atomic E-state index is -1.92. The van der Waals surface area contributed by atoms with Gasteiger partial charge in [0, 0.05) is 0 Å². The largest absolute Gasteiger partial charge is 0.432 e. The Morgan fingerprint density at radius 2 is 1.18 bits per heavy atom. The van der Waals surface area contributed by atoms with Gasteiger partial charge in [-0.2, -0.15) is 0 Å². The minimum Gasteiger partial charge on any atom is -0.432 e. The van der Waals surface area contributed by atoms with Crippen LogP contribution in [0.25, 0.3) is 0 Å². The van der Waals surface area contributed by atoms with Crippen molar-refractivity contribution >= 4 is 5.97 Å². The number of aliphatic hydroxyl groups is 13. The summed E-state index contributed by atoms with van der Waals surface area (Å²) in [7, 11) is 0. The molecule has 0 aromatic carbocycles. The van der Waals surface area contributed by atoms with Crippen LogP contribution < -0.4 is 0 Å². The van der Waals surface area contributed by atoms with Crippen LogP contribution in [0, 0.1) is 28.1 Å². The quantitative estimate of drug-likeness (QED) is 0.0528. The Labute approximate surface area is 375 Å². The van der Waals surface area contributed by atoms with E-state index in [0.717, 1.165) is 12.0 Å². The topological polar surface area (TPSA) is 354 Å². The number of carbonyl (C=O) groups is 1. The molecule has 8 rings (SSSR count). The number of fused-ring (bicyclic) bond motifs is 3. The van der Waals surface area contributed by atoms with Crippen LogP contribution in [0.15, 0.2) is 12.2 Å². The van der Waals surface area contributed by atoms with Crippen molar-refractivity contribution in [3.63, 3.8) is 0 Å². The van der Waals surface area contributed by atoms with Gasteiger partial charge in [-0.15, -0.1) is 0 Å². The molecule has 22 nitrogen and oxygen atoms in total. The number of hydrogen-bond acceptors (Lipinski definition) is 22. The van der Waals surface area contributed by atoms with Gasteiger partial charge in [0.15, 0.2) is 18.9 Å². The van der Waals surface area contributed by atoms with Crippen LogP contribution in [-0.4, -0.2) is 221 Å². The van der Waals surface area contributed by atoms with Gasteiger partial charge in [0.2, 0.25) is 6.29 Å². The lowest BCUT2D eigenvalue weighted by atomic mass is 9.41. The Hall–Kier alpha value is -1.59. The Morgan fingerprint density at radius 3 is 1.83 bits per heavy atom. The van der Waals surface area contributed by atoms with E-state index in [4.69, 9.17) is 37.9 Å². The van der Waals surface area contributed by atoms with Gasteiger partial charge >= 0.3 is 5.97 Å². The maximum atomic E-state index is 14.3. The van der Waals surface area contributed by atoms with Crippen molar-refractivity contribution in [1.29, 1.82) is 0 Å². The highest BCUT2D eigenvalue weighted by molar-refractivity contribution is 5.77. The standard InChI is InChI=1S/C43H68O22/c1-17-11-42-9-5-22-40(2,7-4-8-41(22,3)39(57)64-37-32(56)29(53)26(50)20(13-45)60-37)23(42)6-10-43(17,16-42)65-38-34(63-36-31(55)28(52)25(49)19(12-44)59-36)33(27(51)21(14-46)61-38)62-35-30(54)24(48)18(47)15-58-35/h18-38,44-56H,1,4-16H2,2-3H3/t18-,19-,20-,21-,22-,23-,24+,25-,26-,27-,28+,29+,30-,31-,32-,33+,34-,35+,36+,37+,38+,40+,41-,42+,43-/m1/s1. The average Bonchev–Trinajstić information content (AvgIpc) is 3.48. The van der Waals surface area contributed by atoms with E-state index in [1.165, 1.54) is 0 Å². The second kappa shape index (κ2) is 18.6. The highest BCUT2D eigenvalue weighted by Gasteiger charge is 2.69. The van der Waals surface area contributed by atoms with E-state index in [0.29, 0.717) is 51.4 Å². The average molecular weight is 937 g/mol. The van der Waals surface area contributed by atoms with Gasteiger partial charge < -0.3 is 104 Å². The predicted octanol–water partition coefficient (Wildman–Crippen LogP) is -4.47. The van der Waals surface area contributed by atoms with E-state index >= 15 is 0 Å². The lowest BCUT2D eigenvalue weighted by molar-refractivity contribution is -0.396. The third kappa shape index (κ3) is 8.32. The van der Waals surface area contributed by atoms with Crippen molar-refractivity contribution in [2.24, 2.45) is 28.1 Å². The molecule has 65 heavy (non-hydrogen) atoms. The molecule has 8 aliphatic rings. The van der Waals surface area contributed by atoms with E-state index in [9.17, 15) is 71.2 Å². The van der Waals surface area contributed by atoms with Crippen molar-refractivity contribution in [2.75, 3.05) is 26.4 Å². The van der Waals surface area contributed by atoms with Gasteiger partial charge in [-0.3, -0.25) is 4.79 Å². The fourth-order valence-corrected chi connectivity index (χ4v) is 13.2. The molecular weight excluding hydrogens is 868 g/mol. The van der Waals surface area contributed by atoms with Gasteiger partial charge in [-0.25, -0.2) is 0 Å². The Kier molecular flexibility index (Phi) is 14.3. The molecule has 2 bridgehead atoms. The third-order valence-electron chi connectivity index (χ3n) is 16.7. The van der Waals surface area contributed by atoms with Crippen LogP contribution in [-0.2, 0) is 42.7 Å². The number of carbonyl (C=O) groups excluding carboxylic acids is 1. The minimum absolute atomic E-state index is 0.0488. The molecule has 4 saturated carbocycles. The molecular formula is C43H68O22. The first-order chi connectivity index (χ1) is 30.7. The number of aliphatic hydroxyl groups excluding tert-OH is 13. The molecule has 4 aliphatic heterocycles.